The zero-order chi connectivity index (χ0) is 20.4. The molecular formula is C24H35ClN2O2. The molecule has 3 aliphatic rings. The van der Waals surface area contributed by atoms with E-state index in [4.69, 9.17) is 16.3 Å². The highest BCUT2D eigenvalue weighted by Gasteiger charge is 2.45. The van der Waals surface area contributed by atoms with Crippen LogP contribution >= 0.6 is 11.6 Å². The Kier molecular flexibility index (Phi) is 6.53. The second-order valence-electron chi connectivity index (χ2n) is 9.51. The van der Waals surface area contributed by atoms with Gasteiger partial charge < -0.3 is 9.64 Å². The van der Waals surface area contributed by atoms with Gasteiger partial charge in [-0.25, -0.2) is 0 Å². The molecule has 0 radical (unpaired) electrons. The summed E-state index contributed by atoms with van der Waals surface area (Å²) in [5.74, 6) is 1.02. The van der Waals surface area contributed by atoms with Crippen molar-refractivity contribution >= 4 is 17.5 Å². The number of ether oxygens (including phenoxy) is 1. The Balaban J connectivity index is 1.38. The summed E-state index contributed by atoms with van der Waals surface area (Å²) in [6.45, 7) is 9.31. The van der Waals surface area contributed by atoms with Crippen molar-refractivity contribution in [3.05, 3.63) is 34.9 Å². The molecule has 1 aromatic carbocycles. The normalized spacial score (nSPS) is 28.6. The van der Waals surface area contributed by atoms with Crippen LogP contribution in [0.15, 0.2) is 24.3 Å². The van der Waals surface area contributed by atoms with Crippen molar-refractivity contribution in [2.75, 3.05) is 32.7 Å². The molecule has 4 nitrogen and oxygen atoms in total. The van der Waals surface area contributed by atoms with E-state index >= 15 is 0 Å². The summed E-state index contributed by atoms with van der Waals surface area (Å²) in [5, 5.41) is 0.731. The Morgan fingerprint density at radius 3 is 2.41 bits per heavy atom. The molecule has 2 aliphatic heterocycles. The maximum atomic E-state index is 13.7. The van der Waals surface area contributed by atoms with E-state index in [-0.39, 0.29) is 5.41 Å². The fourth-order valence-electron chi connectivity index (χ4n) is 5.81. The van der Waals surface area contributed by atoms with E-state index in [1.807, 2.05) is 18.2 Å². The number of hydrogen-bond acceptors (Lipinski definition) is 3. The highest BCUT2D eigenvalue weighted by atomic mass is 35.5. The highest BCUT2D eigenvalue weighted by Crippen LogP contribution is 2.43. The maximum Gasteiger partial charge on any atom is 0.233 e. The quantitative estimate of drug-likeness (QED) is 0.721. The predicted molar refractivity (Wildman–Crippen MR) is 117 cm³/mol. The standard InChI is InChI=1S/C24H35ClN2O2/c1-18-15-26(16-19(2)29-18)17-20-8-12-27(13-9-20)23(28)24(10-3-4-11-24)21-6-5-7-22(25)14-21/h5-7,14,18-20H,3-4,8-13,15-17H2,1-2H3. The van der Waals surface area contributed by atoms with Gasteiger partial charge in [0.25, 0.3) is 0 Å². The number of morpholine rings is 1. The van der Waals surface area contributed by atoms with Crippen molar-refractivity contribution in [1.82, 2.24) is 9.80 Å². The zero-order valence-corrected chi connectivity index (χ0v) is 18.7. The molecule has 5 heteroatoms. The van der Waals surface area contributed by atoms with E-state index in [1.54, 1.807) is 0 Å². The lowest BCUT2D eigenvalue weighted by molar-refractivity contribution is -0.139. The van der Waals surface area contributed by atoms with Crippen molar-refractivity contribution in [3.8, 4) is 0 Å². The Hall–Kier alpha value is -1.10. The molecule has 1 saturated carbocycles. The van der Waals surface area contributed by atoms with Crippen LogP contribution in [0.5, 0.6) is 0 Å². The van der Waals surface area contributed by atoms with E-state index in [0.29, 0.717) is 24.0 Å². The number of hydrogen-bond donors (Lipinski definition) is 0. The van der Waals surface area contributed by atoms with E-state index < -0.39 is 0 Å². The smallest absolute Gasteiger partial charge is 0.233 e. The van der Waals surface area contributed by atoms with Crippen LogP contribution in [-0.2, 0) is 14.9 Å². The topological polar surface area (TPSA) is 32.8 Å². The minimum atomic E-state index is -0.354. The Morgan fingerprint density at radius 2 is 1.79 bits per heavy atom. The van der Waals surface area contributed by atoms with E-state index in [9.17, 15) is 4.79 Å². The molecule has 4 rings (SSSR count). The molecule has 2 atom stereocenters. The number of piperidine rings is 1. The first-order valence-corrected chi connectivity index (χ1v) is 11.8. The summed E-state index contributed by atoms with van der Waals surface area (Å²) >= 11 is 6.27. The van der Waals surface area contributed by atoms with Crippen molar-refractivity contribution in [1.29, 1.82) is 0 Å². The van der Waals surface area contributed by atoms with E-state index in [0.717, 1.165) is 81.8 Å². The molecule has 0 spiro atoms. The number of nitrogens with zero attached hydrogens (tertiary/aromatic N) is 2. The number of rotatable bonds is 4. The molecule has 0 N–H and O–H groups in total. The van der Waals surface area contributed by atoms with Crippen LogP contribution in [0.3, 0.4) is 0 Å². The number of likely N-dealkylation sites (tertiary alicyclic amines) is 1. The fourth-order valence-corrected chi connectivity index (χ4v) is 6.00. The van der Waals surface area contributed by atoms with Crippen LogP contribution < -0.4 is 0 Å². The molecular weight excluding hydrogens is 384 g/mol. The van der Waals surface area contributed by atoms with Gasteiger partial charge in [-0.3, -0.25) is 9.69 Å². The van der Waals surface area contributed by atoms with Crippen LogP contribution in [0.1, 0.15) is 57.9 Å². The third-order valence-electron chi connectivity index (χ3n) is 7.16. The van der Waals surface area contributed by atoms with Crippen molar-refractivity contribution < 1.29 is 9.53 Å². The van der Waals surface area contributed by atoms with Gasteiger partial charge in [0.15, 0.2) is 0 Å². The molecule has 1 aliphatic carbocycles. The minimum Gasteiger partial charge on any atom is -0.373 e. The molecule has 160 valence electrons. The van der Waals surface area contributed by atoms with E-state index in [2.05, 4.69) is 29.7 Å². The van der Waals surface area contributed by atoms with E-state index in [1.165, 1.54) is 0 Å². The summed E-state index contributed by atoms with van der Waals surface area (Å²) in [7, 11) is 0. The molecule has 1 aromatic rings. The predicted octanol–water partition coefficient (Wildman–Crippen LogP) is 4.50. The van der Waals surface area contributed by atoms with Gasteiger partial charge in [0.05, 0.1) is 17.6 Å². The monoisotopic (exact) mass is 418 g/mol. The molecule has 0 bridgehead atoms. The number of amides is 1. The SMILES string of the molecule is CC1CN(CC2CCN(C(=O)C3(c4cccc(Cl)c4)CCCC3)CC2)CC(C)O1. The summed E-state index contributed by atoms with van der Waals surface area (Å²) in [5.41, 5.74) is 0.762. The average molecular weight is 419 g/mol. The third-order valence-corrected chi connectivity index (χ3v) is 7.39. The fraction of sp³-hybridized carbons (Fsp3) is 0.708. The van der Waals surface area contributed by atoms with Crippen LogP contribution in [0.2, 0.25) is 5.02 Å². The van der Waals surface area contributed by atoms with Crippen LogP contribution in [-0.4, -0.2) is 60.6 Å². The lowest BCUT2D eigenvalue weighted by Crippen LogP contribution is -2.51. The number of carbonyl (C=O) groups is 1. The van der Waals surface area contributed by atoms with Gasteiger partial charge in [0.1, 0.15) is 0 Å². The number of carbonyl (C=O) groups excluding carboxylic acids is 1. The van der Waals surface area contributed by atoms with Crippen LogP contribution in [0.25, 0.3) is 0 Å². The highest BCUT2D eigenvalue weighted by molar-refractivity contribution is 6.30. The molecule has 2 unspecified atom stereocenters. The first-order chi connectivity index (χ1) is 14.0. The van der Waals surface area contributed by atoms with Crippen LogP contribution in [0, 0.1) is 5.92 Å². The molecule has 0 aromatic heterocycles. The molecule has 2 saturated heterocycles. The second-order valence-corrected chi connectivity index (χ2v) is 9.95. The van der Waals surface area contributed by atoms with Gasteiger partial charge in [0, 0.05) is 37.7 Å². The van der Waals surface area contributed by atoms with Crippen molar-refractivity contribution in [3.63, 3.8) is 0 Å². The van der Waals surface area contributed by atoms with Crippen molar-refractivity contribution in [2.45, 2.75) is 70.0 Å². The van der Waals surface area contributed by atoms with Gasteiger partial charge in [-0.05, 0) is 63.1 Å². The summed E-state index contributed by atoms with van der Waals surface area (Å²) in [4.78, 5) is 18.4. The first kappa shape index (κ1) is 21.1. The minimum absolute atomic E-state index is 0.320. The summed E-state index contributed by atoms with van der Waals surface area (Å²) < 4.78 is 5.87. The summed E-state index contributed by atoms with van der Waals surface area (Å²) in [6, 6.07) is 8.00. The second kappa shape index (κ2) is 8.95. The first-order valence-electron chi connectivity index (χ1n) is 11.4. The molecule has 3 fully saturated rings. The molecule has 1 amide bonds. The Morgan fingerprint density at radius 1 is 1.14 bits per heavy atom. The van der Waals surface area contributed by atoms with Gasteiger partial charge in [0.2, 0.25) is 5.91 Å². The average Bonchev–Trinajstić information content (AvgIpc) is 3.18. The van der Waals surface area contributed by atoms with Crippen LogP contribution in [0.4, 0.5) is 0 Å². The Labute approximate surface area is 180 Å². The zero-order valence-electron chi connectivity index (χ0n) is 17.9. The summed E-state index contributed by atoms with van der Waals surface area (Å²) in [6.07, 6.45) is 7.02. The lowest BCUT2D eigenvalue weighted by Gasteiger charge is -2.41. The number of benzene rings is 1. The van der Waals surface area contributed by atoms with Gasteiger partial charge in [-0.15, -0.1) is 0 Å². The van der Waals surface area contributed by atoms with Gasteiger partial charge >= 0.3 is 0 Å². The molecule has 29 heavy (non-hydrogen) atoms. The van der Waals surface area contributed by atoms with Gasteiger partial charge in [-0.1, -0.05) is 36.6 Å². The Bertz CT molecular complexity index is 701. The van der Waals surface area contributed by atoms with Gasteiger partial charge in [-0.2, -0.15) is 0 Å². The lowest BCUT2D eigenvalue weighted by atomic mass is 9.77. The van der Waals surface area contributed by atoms with Crippen molar-refractivity contribution in [2.24, 2.45) is 5.92 Å². The number of halogens is 1. The largest absolute Gasteiger partial charge is 0.373 e. The molecule has 2 heterocycles. The third kappa shape index (κ3) is 4.65. The maximum absolute atomic E-state index is 13.7.